The molecule has 0 radical (unpaired) electrons. The highest BCUT2D eigenvalue weighted by molar-refractivity contribution is 6.30. The van der Waals surface area contributed by atoms with Gasteiger partial charge in [-0.25, -0.2) is 0 Å². The number of nitrogens with one attached hydrogen (secondary N) is 1. The van der Waals surface area contributed by atoms with Crippen LogP contribution >= 0.6 is 11.6 Å². The third-order valence-electron chi connectivity index (χ3n) is 4.29. The predicted molar refractivity (Wildman–Crippen MR) is 81.0 cm³/mol. The van der Waals surface area contributed by atoms with Gasteiger partial charge in [0, 0.05) is 17.6 Å². The van der Waals surface area contributed by atoms with Gasteiger partial charge in [0.05, 0.1) is 12.0 Å². The number of carbonyl (C=O) groups excluding carboxylic acids is 2. The Morgan fingerprint density at radius 2 is 2.05 bits per heavy atom. The second-order valence-electron chi connectivity index (χ2n) is 6.24. The number of carbonyl (C=O) groups is 2. The van der Waals surface area contributed by atoms with Crippen molar-refractivity contribution in [1.82, 2.24) is 10.2 Å². The number of nitrogens with zero attached hydrogens (tertiary/aromatic N) is 1. The molecule has 1 unspecified atom stereocenters. The Morgan fingerprint density at radius 3 is 2.62 bits per heavy atom. The normalized spacial score (nSPS) is 23.6. The lowest BCUT2D eigenvalue weighted by Crippen LogP contribution is -2.56. The van der Waals surface area contributed by atoms with Gasteiger partial charge in [-0.05, 0) is 43.9 Å². The van der Waals surface area contributed by atoms with Crippen LogP contribution in [0, 0.1) is 5.41 Å². The molecule has 1 heterocycles. The number of hydrogen-bond acceptors (Lipinski definition) is 2. The average molecular weight is 307 g/mol. The van der Waals surface area contributed by atoms with Crippen molar-refractivity contribution in [2.75, 3.05) is 13.1 Å². The first-order valence-corrected chi connectivity index (χ1v) is 7.69. The van der Waals surface area contributed by atoms with E-state index >= 15 is 0 Å². The predicted octanol–water partition coefficient (Wildman–Crippen LogP) is 2.01. The Hall–Kier alpha value is -1.55. The Kier molecular flexibility index (Phi) is 3.66. The maximum atomic E-state index is 12.8. The number of rotatable bonds is 3. The molecule has 4 nitrogen and oxygen atoms in total. The minimum absolute atomic E-state index is 0.0292. The van der Waals surface area contributed by atoms with E-state index in [1.165, 1.54) is 0 Å². The highest BCUT2D eigenvalue weighted by Crippen LogP contribution is 2.50. The number of hydrogen-bond donors (Lipinski definition) is 1. The van der Waals surface area contributed by atoms with Gasteiger partial charge >= 0.3 is 0 Å². The second-order valence-corrected chi connectivity index (χ2v) is 6.67. The van der Waals surface area contributed by atoms with E-state index in [9.17, 15) is 9.59 Å². The molecule has 1 aromatic rings. The Balaban J connectivity index is 1.71. The van der Waals surface area contributed by atoms with Crippen molar-refractivity contribution in [1.29, 1.82) is 0 Å². The summed E-state index contributed by atoms with van der Waals surface area (Å²) in [6.45, 7) is 2.72. The third-order valence-corrected chi connectivity index (χ3v) is 4.54. The van der Waals surface area contributed by atoms with Crippen LogP contribution in [0.2, 0.25) is 5.02 Å². The zero-order valence-electron chi connectivity index (χ0n) is 12.1. The molecule has 1 aliphatic heterocycles. The van der Waals surface area contributed by atoms with Crippen molar-refractivity contribution >= 4 is 23.4 Å². The van der Waals surface area contributed by atoms with Crippen LogP contribution in [0.4, 0.5) is 0 Å². The second kappa shape index (κ2) is 5.34. The molecule has 3 rings (SSSR count). The lowest BCUT2D eigenvalue weighted by molar-refractivity contribution is -0.143. The number of benzene rings is 1. The van der Waals surface area contributed by atoms with Gasteiger partial charge in [-0.1, -0.05) is 23.7 Å². The molecule has 0 aromatic heterocycles. The standard InChI is InChI=1S/C16H19ClN2O2/c1-11-9-19(10-14(20)18-11)15(21)16(6-7-16)8-12-2-4-13(17)5-3-12/h2-5,11H,6-10H2,1H3,(H,18,20). The fourth-order valence-electron chi connectivity index (χ4n) is 3.03. The summed E-state index contributed by atoms with van der Waals surface area (Å²) < 4.78 is 0. The minimum atomic E-state index is -0.300. The Bertz CT molecular complexity index is 566. The van der Waals surface area contributed by atoms with Gasteiger partial charge in [0.1, 0.15) is 0 Å². The minimum Gasteiger partial charge on any atom is -0.350 e. The van der Waals surface area contributed by atoms with Crippen LogP contribution < -0.4 is 5.32 Å². The van der Waals surface area contributed by atoms with Gasteiger partial charge in [0.2, 0.25) is 11.8 Å². The van der Waals surface area contributed by atoms with Crippen molar-refractivity contribution in [3.8, 4) is 0 Å². The highest BCUT2D eigenvalue weighted by Gasteiger charge is 2.52. The van der Waals surface area contributed by atoms with Crippen molar-refractivity contribution in [3.63, 3.8) is 0 Å². The summed E-state index contributed by atoms with van der Waals surface area (Å²) in [5.41, 5.74) is 0.824. The maximum absolute atomic E-state index is 12.8. The van der Waals surface area contributed by atoms with Gasteiger partial charge in [0.15, 0.2) is 0 Å². The molecule has 2 aliphatic rings. The molecule has 1 aliphatic carbocycles. The lowest BCUT2D eigenvalue weighted by Gasteiger charge is -2.33. The zero-order chi connectivity index (χ0) is 15.0. The molecule has 21 heavy (non-hydrogen) atoms. The summed E-state index contributed by atoms with van der Waals surface area (Å²) in [6.07, 6.45) is 2.54. The molecule has 0 spiro atoms. The van der Waals surface area contributed by atoms with E-state index in [4.69, 9.17) is 11.6 Å². The quantitative estimate of drug-likeness (QED) is 0.928. The van der Waals surface area contributed by atoms with E-state index in [-0.39, 0.29) is 29.8 Å². The topological polar surface area (TPSA) is 49.4 Å². The van der Waals surface area contributed by atoms with Gasteiger partial charge in [-0.2, -0.15) is 0 Å². The molecular weight excluding hydrogens is 288 g/mol. The largest absolute Gasteiger partial charge is 0.350 e. The van der Waals surface area contributed by atoms with E-state index < -0.39 is 0 Å². The van der Waals surface area contributed by atoms with Crippen molar-refractivity contribution in [2.24, 2.45) is 5.41 Å². The van der Waals surface area contributed by atoms with E-state index in [0.29, 0.717) is 11.6 Å². The summed E-state index contributed by atoms with van der Waals surface area (Å²) in [5.74, 6) is 0.0588. The molecule has 1 atom stereocenters. The molecule has 5 heteroatoms. The van der Waals surface area contributed by atoms with Crippen LogP contribution in [0.5, 0.6) is 0 Å². The molecular formula is C16H19ClN2O2. The van der Waals surface area contributed by atoms with Gasteiger partial charge in [0.25, 0.3) is 0 Å². The first-order valence-electron chi connectivity index (χ1n) is 7.32. The van der Waals surface area contributed by atoms with Crippen LogP contribution in [0.25, 0.3) is 0 Å². The molecule has 1 saturated heterocycles. The molecule has 2 amide bonds. The smallest absolute Gasteiger partial charge is 0.239 e. The summed E-state index contributed by atoms with van der Waals surface area (Å²) in [7, 11) is 0. The summed E-state index contributed by atoms with van der Waals surface area (Å²) >= 11 is 5.90. The van der Waals surface area contributed by atoms with Crippen LogP contribution in [-0.4, -0.2) is 35.8 Å². The number of amides is 2. The SMILES string of the molecule is CC1CN(C(=O)C2(Cc3ccc(Cl)cc3)CC2)CC(=O)N1. The average Bonchev–Trinajstić information content (AvgIpc) is 3.20. The molecule has 0 bridgehead atoms. The van der Waals surface area contributed by atoms with Crippen LogP contribution in [0.1, 0.15) is 25.3 Å². The van der Waals surface area contributed by atoms with Gasteiger partial charge in [-0.3, -0.25) is 9.59 Å². The lowest BCUT2D eigenvalue weighted by atomic mass is 9.94. The third kappa shape index (κ3) is 3.05. The van der Waals surface area contributed by atoms with Crippen molar-refractivity contribution in [3.05, 3.63) is 34.9 Å². The summed E-state index contributed by atoms with van der Waals surface area (Å²) in [5, 5.41) is 3.55. The zero-order valence-corrected chi connectivity index (χ0v) is 12.8. The molecule has 112 valence electrons. The van der Waals surface area contributed by atoms with E-state index in [1.54, 1.807) is 4.90 Å². The van der Waals surface area contributed by atoms with Gasteiger partial charge in [-0.15, -0.1) is 0 Å². The van der Waals surface area contributed by atoms with Crippen molar-refractivity contribution < 1.29 is 9.59 Å². The molecule has 1 N–H and O–H groups in total. The molecule has 1 saturated carbocycles. The van der Waals surface area contributed by atoms with Crippen LogP contribution in [0.15, 0.2) is 24.3 Å². The van der Waals surface area contributed by atoms with E-state index in [2.05, 4.69) is 5.32 Å². The maximum Gasteiger partial charge on any atom is 0.239 e. The van der Waals surface area contributed by atoms with Gasteiger partial charge < -0.3 is 10.2 Å². The molecule has 2 fully saturated rings. The monoisotopic (exact) mass is 306 g/mol. The first-order chi connectivity index (χ1) is 9.98. The van der Waals surface area contributed by atoms with Crippen LogP contribution in [-0.2, 0) is 16.0 Å². The highest BCUT2D eigenvalue weighted by atomic mass is 35.5. The summed E-state index contributed by atoms with van der Waals surface area (Å²) in [6, 6.07) is 7.69. The summed E-state index contributed by atoms with van der Waals surface area (Å²) in [4.78, 5) is 26.1. The van der Waals surface area contributed by atoms with Crippen LogP contribution in [0.3, 0.4) is 0 Å². The first kappa shape index (κ1) is 14.4. The Labute approximate surface area is 129 Å². The Morgan fingerprint density at radius 1 is 1.38 bits per heavy atom. The van der Waals surface area contributed by atoms with E-state index in [1.807, 2.05) is 31.2 Å². The fraction of sp³-hybridized carbons (Fsp3) is 0.500. The van der Waals surface area contributed by atoms with E-state index in [0.717, 1.165) is 24.8 Å². The number of piperazine rings is 1. The van der Waals surface area contributed by atoms with Crippen molar-refractivity contribution in [2.45, 2.75) is 32.2 Å². The molecule has 1 aromatic carbocycles. The number of halogens is 1. The fourth-order valence-corrected chi connectivity index (χ4v) is 3.16.